The van der Waals surface area contributed by atoms with Crippen LogP contribution in [-0.4, -0.2) is 53.3 Å². The first-order valence-electron chi connectivity index (χ1n) is 5.65. The summed E-state index contributed by atoms with van der Waals surface area (Å²) in [5.41, 5.74) is 0.236. The van der Waals surface area contributed by atoms with E-state index >= 15 is 0 Å². The number of benzene rings is 1. The fourth-order valence-corrected chi connectivity index (χ4v) is 2.42. The van der Waals surface area contributed by atoms with E-state index in [0.717, 1.165) is 0 Å². The third kappa shape index (κ3) is 2.50. The molecule has 0 aliphatic carbocycles. The van der Waals surface area contributed by atoms with Gasteiger partial charge in [0.25, 0.3) is 5.91 Å². The molecule has 6 heteroatoms. The summed E-state index contributed by atoms with van der Waals surface area (Å²) in [5, 5.41) is 22.5. The molecule has 18 heavy (non-hydrogen) atoms. The van der Waals surface area contributed by atoms with Crippen molar-refractivity contribution >= 4 is 21.8 Å². The zero-order valence-corrected chi connectivity index (χ0v) is 11.5. The lowest BCUT2D eigenvalue weighted by atomic mass is 10.1. The lowest BCUT2D eigenvalue weighted by Crippen LogP contribution is -2.44. The molecule has 0 spiro atoms. The largest absolute Gasteiger partial charge is 0.507 e. The van der Waals surface area contributed by atoms with E-state index in [1.807, 2.05) is 0 Å². The summed E-state index contributed by atoms with van der Waals surface area (Å²) < 4.78 is 0.710. The maximum Gasteiger partial charge on any atom is 0.257 e. The minimum Gasteiger partial charge on any atom is -0.507 e. The highest BCUT2D eigenvalue weighted by atomic mass is 79.9. The first-order chi connectivity index (χ1) is 8.50. The molecule has 0 bridgehead atoms. The fourth-order valence-electron chi connectivity index (χ4n) is 2.07. The number of rotatable bonds is 2. The number of nitrogens with zero attached hydrogens (tertiary/aromatic N) is 1. The van der Waals surface area contributed by atoms with Crippen molar-refractivity contribution in [3.05, 3.63) is 28.2 Å². The number of amides is 1. The van der Waals surface area contributed by atoms with Crippen molar-refractivity contribution in [3.8, 4) is 5.75 Å². The molecule has 0 unspecified atom stereocenters. The highest BCUT2D eigenvalue weighted by Gasteiger charge is 2.32. The quantitative estimate of drug-likeness (QED) is 0.746. The van der Waals surface area contributed by atoms with E-state index in [1.165, 1.54) is 11.0 Å². The summed E-state index contributed by atoms with van der Waals surface area (Å²) in [6.07, 6.45) is -0.573. The molecular weight excluding hydrogens is 300 g/mol. The van der Waals surface area contributed by atoms with Crippen LogP contribution in [0.3, 0.4) is 0 Å². The van der Waals surface area contributed by atoms with E-state index in [0.29, 0.717) is 17.6 Å². The van der Waals surface area contributed by atoms with Crippen molar-refractivity contribution in [3.63, 3.8) is 0 Å². The van der Waals surface area contributed by atoms with Crippen molar-refractivity contribution in [2.75, 3.05) is 20.1 Å². The highest BCUT2D eigenvalue weighted by molar-refractivity contribution is 9.10. The summed E-state index contributed by atoms with van der Waals surface area (Å²) in [6, 6.07) is 4.47. The molecule has 2 rings (SSSR count). The molecule has 1 aliphatic rings. The fraction of sp³-hybridized carbons (Fsp3) is 0.417. The summed E-state index contributed by atoms with van der Waals surface area (Å²) in [5.74, 6) is -0.366. The van der Waals surface area contributed by atoms with Gasteiger partial charge in [-0.15, -0.1) is 0 Å². The molecule has 2 atom stereocenters. The van der Waals surface area contributed by atoms with E-state index in [2.05, 4.69) is 21.2 Å². The average Bonchev–Trinajstić information content (AvgIpc) is 2.74. The lowest BCUT2D eigenvalue weighted by molar-refractivity contribution is 0.0578. The number of aliphatic hydroxyl groups is 1. The van der Waals surface area contributed by atoms with Crippen LogP contribution >= 0.6 is 15.9 Å². The highest BCUT2D eigenvalue weighted by Crippen LogP contribution is 2.24. The number of likely N-dealkylation sites (N-methyl/N-ethyl adjacent to an activating group) is 1. The van der Waals surface area contributed by atoms with Crippen LogP contribution in [0.25, 0.3) is 0 Å². The normalized spacial score (nSPS) is 23.1. The summed E-state index contributed by atoms with van der Waals surface area (Å²) in [4.78, 5) is 13.7. The average molecular weight is 315 g/mol. The molecule has 1 aromatic carbocycles. The third-order valence-corrected chi connectivity index (χ3v) is 3.65. The van der Waals surface area contributed by atoms with Crippen LogP contribution in [0, 0.1) is 0 Å². The van der Waals surface area contributed by atoms with Crippen LogP contribution in [0.2, 0.25) is 0 Å². The third-order valence-electron chi connectivity index (χ3n) is 3.16. The van der Waals surface area contributed by atoms with Crippen molar-refractivity contribution in [1.82, 2.24) is 10.2 Å². The van der Waals surface area contributed by atoms with Crippen LogP contribution in [0.1, 0.15) is 10.4 Å². The minimum atomic E-state index is -0.573. The number of aromatic hydroxyl groups is 1. The van der Waals surface area contributed by atoms with E-state index < -0.39 is 6.10 Å². The first kappa shape index (κ1) is 13.3. The zero-order chi connectivity index (χ0) is 13.3. The second-order valence-electron chi connectivity index (χ2n) is 4.37. The van der Waals surface area contributed by atoms with Gasteiger partial charge in [0.05, 0.1) is 17.7 Å². The van der Waals surface area contributed by atoms with Crippen molar-refractivity contribution in [1.29, 1.82) is 0 Å². The van der Waals surface area contributed by atoms with E-state index in [4.69, 9.17) is 0 Å². The summed E-state index contributed by atoms with van der Waals surface area (Å²) in [7, 11) is 1.63. The topological polar surface area (TPSA) is 72.8 Å². The van der Waals surface area contributed by atoms with Crippen LogP contribution < -0.4 is 5.32 Å². The Morgan fingerprint density at radius 3 is 2.78 bits per heavy atom. The molecular formula is C12H15BrN2O3. The Hall–Kier alpha value is -1.11. The van der Waals surface area contributed by atoms with Crippen molar-refractivity contribution in [2.24, 2.45) is 0 Å². The molecule has 5 nitrogen and oxygen atoms in total. The molecule has 1 aromatic rings. The Morgan fingerprint density at radius 1 is 1.50 bits per heavy atom. The Balaban J connectivity index is 2.20. The van der Waals surface area contributed by atoms with Gasteiger partial charge in [-0.25, -0.2) is 0 Å². The number of hydrogen-bond acceptors (Lipinski definition) is 4. The summed E-state index contributed by atoms with van der Waals surface area (Å²) >= 11 is 3.22. The van der Waals surface area contributed by atoms with E-state index in [-0.39, 0.29) is 23.3 Å². The molecule has 1 aliphatic heterocycles. The molecule has 98 valence electrons. The second-order valence-corrected chi connectivity index (χ2v) is 5.29. The molecule has 0 radical (unpaired) electrons. The molecule has 1 fully saturated rings. The van der Waals surface area contributed by atoms with Crippen molar-refractivity contribution in [2.45, 2.75) is 12.1 Å². The summed E-state index contributed by atoms with van der Waals surface area (Å²) in [6.45, 7) is 1.04. The number of carbonyl (C=O) groups excluding carboxylic acids is 1. The van der Waals surface area contributed by atoms with Gasteiger partial charge in [0, 0.05) is 24.6 Å². The molecule has 0 aromatic heterocycles. The van der Waals surface area contributed by atoms with Crippen LogP contribution in [0.4, 0.5) is 0 Å². The number of β-amino-alcohol motifs (C(OH)–C–C–N with tert-alkyl or cyclic N) is 1. The zero-order valence-electron chi connectivity index (χ0n) is 9.93. The second kappa shape index (κ2) is 5.26. The van der Waals surface area contributed by atoms with Crippen LogP contribution in [0.5, 0.6) is 5.75 Å². The standard InChI is InChI=1S/C12H15BrN2O3/c1-15(9-5-14-6-11(9)17)12(18)8-3-2-7(13)4-10(8)16/h2-4,9,11,14,16-17H,5-6H2,1H3/t9-,11-/m1/s1. The predicted molar refractivity (Wildman–Crippen MR) is 70.6 cm³/mol. The minimum absolute atomic E-state index is 0.0679. The number of carbonyl (C=O) groups is 1. The van der Waals surface area contributed by atoms with Gasteiger partial charge >= 0.3 is 0 Å². The van der Waals surface area contributed by atoms with Gasteiger partial charge in [-0.05, 0) is 18.2 Å². The number of phenolic OH excluding ortho intramolecular Hbond substituents is 1. The monoisotopic (exact) mass is 314 g/mol. The number of nitrogens with one attached hydrogen (secondary N) is 1. The van der Waals surface area contributed by atoms with Gasteiger partial charge < -0.3 is 20.4 Å². The molecule has 1 heterocycles. The van der Waals surface area contributed by atoms with Gasteiger partial charge in [-0.3, -0.25) is 4.79 Å². The first-order valence-corrected chi connectivity index (χ1v) is 6.44. The smallest absolute Gasteiger partial charge is 0.257 e. The van der Waals surface area contributed by atoms with Crippen molar-refractivity contribution < 1.29 is 15.0 Å². The van der Waals surface area contributed by atoms with E-state index in [1.54, 1.807) is 19.2 Å². The molecule has 0 saturated carbocycles. The molecule has 3 N–H and O–H groups in total. The maximum atomic E-state index is 12.2. The Bertz CT molecular complexity index is 467. The maximum absolute atomic E-state index is 12.2. The van der Waals surface area contributed by atoms with Gasteiger partial charge in [-0.2, -0.15) is 0 Å². The number of halogens is 1. The Morgan fingerprint density at radius 2 is 2.22 bits per heavy atom. The molecule has 1 amide bonds. The predicted octanol–water partition coefficient (Wildman–Crippen LogP) is 0.559. The van der Waals surface area contributed by atoms with Crippen LogP contribution in [0.15, 0.2) is 22.7 Å². The van der Waals surface area contributed by atoms with Gasteiger partial charge in [0.1, 0.15) is 5.75 Å². The van der Waals surface area contributed by atoms with E-state index in [9.17, 15) is 15.0 Å². The Labute approximate surface area is 114 Å². The van der Waals surface area contributed by atoms with Gasteiger partial charge in [-0.1, -0.05) is 15.9 Å². The van der Waals surface area contributed by atoms with Crippen LogP contribution in [-0.2, 0) is 0 Å². The Kier molecular flexibility index (Phi) is 3.89. The van der Waals surface area contributed by atoms with Gasteiger partial charge in [0.15, 0.2) is 0 Å². The number of aliphatic hydroxyl groups excluding tert-OH is 1. The number of hydrogen-bond donors (Lipinski definition) is 3. The lowest BCUT2D eigenvalue weighted by Gasteiger charge is -2.26. The SMILES string of the molecule is CN(C(=O)c1ccc(Br)cc1O)[C@@H]1CNC[C@H]1O. The molecule has 1 saturated heterocycles. The number of phenols is 1. The van der Waals surface area contributed by atoms with Gasteiger partial charge in [0.2, 0.25) is 0 Å².